The molecule has 4 aliphatic rings. The van der Waals surface area contributed by atoms with Crippen LogP contribution < -0.4 is 4.90 Å². The SMILES string of the molecule is C[C@@H]1Cc2cc(S(=O)(=O)N3CCC(C(=O)N4CCCCCC4)CC3)ccc2N1C(=O)C1CC1. The Morgan fingerprint density at radius 2 is 1.48 bits per heavy atom. The summed E-state index contributed by atoms with van der Waals surface area (Å²) in [5.74, 6) is 0.450. The Morgan fingerprint density at radius 3 is 2.12 bits per heavy atom. The van der Waals surface area contributed by atoms with E-state index in [9.17, 15) is 18.0 Å². The highest BCUT2D eigenvalue weighted by Crippen LogP contribution is 2.40. The number of piperidine rings is 1. The molecule has 33 heavy (non-hydrogen) atoms. The van der Waals surface area contributed by atoms with E-state index in [4.69, 9.17) is 0 Å². The van der Waals surface area contributed by atoms with Crippen LogP contribution in [0.25, 0.3) is 0 Å². The quantitative estimate of drug-likeness (QED) is 0.673. The van der Waals surface area contributed by atoms with Crippen molar-refractivity contribution in [3.63, 3.8) is 0 Å². The third kappa shape index (κ3) is 4.44. The summed E-state index contributed by atoms with van der Waals surface area (Å²) in [5.41, 5.74) is 1.80. The van der Waals surface area contributed by atoms with Gasteiger partial charge in [0.15, 0.2) is 0 Å². The number of fused-ring (bicyclic) bond motifs is 1. The Morgan fingerprint density at radius 1 is 0.848 bits per heavy atom. The van der Waals surface area contributed by atoms with Crippen molar-refractivity contribution in [3.8, 4) is 0 Å². The zero-order valence-corrected chi connectivity index (χ0v) is 20.4. The molecule has 1 aromatic carbocycles. The first-order valence-electron chi connectivity index (χ1n) is 12.6. The van der Waals surface area contributed by atoms with Gasteiger partial charge in [0.2, 0.25) is 21.8 Å². The molecular weight excluding hydrogens is 438 g/mol. The topological polar surface area (TPSA) is 78.0 Å². The molecule has 3 aliphatic heterocycles. The van der Waals surface area contributed by atoms with Crippen LogP contribution in [-0.4, -0.2) is 61.7 Å². The van der Waals surface area contributed by atoms with Gasteiger partial charge in [-0.3, -0.25) is 9.59 Å². The number of likely N-dealkylation sites (tertiary alicyclic amines) is 1. The fraction of sp³-hybridized carbons (Fsp3) is 0.680. The molecule has 5 rings (SSSR count). The third-order valence-corrected chi connectivity index (χ3v) is 9.68. The van der Waals surface area contributed by atoms with Crippen LogP contribution in [0.1, 0.15) is 63.9 Å². The van der Waals surface area contributed by atoms with E-state index in [-0.39, 0.29) is 29.7 Å². The van der Waals surface area contributed by atoms with Gasteiger partial charge in [0.05, 0.1) is 4.90 Å². The largest absolute Gasteiger partial charge is 0.342 e. The Bertz CT molecular complexity index is 1020. The second-order valence-corrected chi connectivity index (χ2v) is 12.2. The Kier molecular flexibility index (Phi) is 6.25. The lowest BCUT2D eigenvalue weighted by Gasteiger charge is -2.33. The fourth-order valence-corrected chi connectivity index (χ4v) is 7.19. The first-order chi connectivity index (χ1) is 15.9. The van der Waals surface area contributed by atoms with Crippen LogP contribution in [0.4, 0.5) is 5.69 Å². The first kappa shape index (κ1) is 22.8. The lowest BCUT2D eigenvalue weighted by molar-refractivity contribution is -0.136. The minimum Gasteiger partial charge on any atom is -0.342 e. The molecule has 1 saturated carbocycles. The molecule has 3 fully saturated rings. The maximum atomic E-state index is 13.4. The minimum atomic E-state index is -3.62. The number of hydrogen-bond acceptors (Lipinski definition) is 4. The summed E-state index contributed by atoms with van der Waals surface area (Å²) in [7, 11) is -3.62. The number of nitrogens with zero attached hydrogens (tertiary/aromatic N) is 3. The van der Waals surface area contributed by atoms with Gasteiger partial charge in [0, 0.05) is 49.7 Å². The van der Waals surface area contributed by atoms with Crippen LogP contribution in [0.2, 0.25) is 0 Å². The van der Waals surface area contributed by atoms with E-state index in [1.54, 1.807) is 12.1 Å². The number of sulfonamides is 1. The van der Waals surface area contributed by atoms with Crippen molar-refractivity contribution in [1.82, 2.24) is 9.21 Å². The molecule has 0 radical (unpaired) electrons. The molecule has 1 aliphatic carbocycles. The lowest BCUT2D eigenvalue weighted by Crippen LogP contribution is -2.44. The molecule has 0 bridgehead atoms. The van der Waals surface area contributed by atoms with Crippen LogP contribution in [0.5, 0.6) is 0 Å². The van der Waals surface area contributed by atoms with E-state index in [1.807, 2.05) is 22.8 Å². The maximum Gasteiger partial charge on any atom is 0.243 e. The normalized spacial score (nSPS) is 25.1. The highest BCUT2D eigenvalue weighted by molar-refractivity contribution is 7.89. The molecular formula is C25H35N3O4S. The Labute approximate surface area is 197 Å². The van der Waals surface area contributed by atoms with Gasteiger partial charge in [-0.2, -0.15) is 4.31 Å². The number of carbonyl (C=O) groups is 2. The summed E-state index contributed by atoms with van der Waals surface area (Å²) in [6, 6.07) is 5.28. The van der Waals surface area contributed by atoms with Gasteiger partial charge >= 0.3 is 0 Å². The molecule has 0 N–H and O–H groups in total. The number of carbonyl (C=O) groups excluding carboxylic acids is 2. The highest BCUT2D eigenvalue weighted by Gasteiger charge is 2.40. The molecule has 7 nitrogen and oxygen atoms in total. The number of benzene rings is 1. The Hall–Kier alpha value is -1.93. The van der Waals surface area contributed by atoms with Crippen molar-refractivity contribution in [2.45, 2.75) is 75.6 Å². The zero-order chi connectivity index (χ0) is 23.2. The van der Waals surface area contributed by atoms with E-state index in [2.05, 4.69) is 0 Å². The van der Waals surface area contributed by atoms with Gasteiger partial charge in [0.25, 0.3) is 0 Å². The Balaban J connectivity index is 1.26. The summed E-state index contributed by atoms with van der Waals surface area (Å²) in [6.45, 7) is 4.47. The number of amides is 2. The third-order valence-electron chi connectivity index (χ3n) is 7.79. The molecule has 8 heteroatoms. The van der Waals surface area contributed by atoms with E-state index in [0.29, 0.717) is 37.2 Å². The van der Waals surface area contributed by atoms with Crippen molar-refractivity contribution in [1.29, 1.82) is 0 Å². The van der Waals surface area contributed by atoms with Crippen LogP contribution >= 0.6 is 0 Å². The van der Waals surface area contributed by atoms with Crippen LogP contribution in [0, 0.1) is 11.8 Å². The molecule has 1 aromatic rings. The summed E-state index contributed by atoms with van der Waals surface area (Å²) in [4.78, 5) is 29.8. The van der Waals surface area contributed by atoms with Gasteiger partial charge in [-0.25, -0.2) is 8.42 Å². The maximum absolute atomic E-state index is 13.4. The van der Waals surface area contributed by atoms with Crippen LogP contribution in [-0.2, 0) is 26.0 Å². The predicted octanol–water partition coefficient (Wildman–Crippen LogP) is 3.18. The van der Waals surface area contributed by atoms with E-state index in [0.717, 1.165) is 50.0 Å². The van der Waals surface area contributed by atoms with Crippen LogP contribution in [0.15, 0.2) is 23.1 Å². The van der Waals surface area contributed by atoms with Crippen molar-refractivity contribution < 1.29 is 18.0 Å². The summed E-state index contributed by atoms with van der Waals surface area (Å²) in [6.07, 6.45) is 8.28. The van der Waals surface area contributed by atoms with Crippen molar-refractivity contribution in [2.24, 2.45) is 11.8 Å². The monoisotopic (exact) mass is 473 g/mol. The van der Waals surface area contributed by atoms with Crippen LogP contribution in [0.3, 0.4) is 0 Å². The van der Waals surface area contributed by atoms with E-state index < -0.39 is 10.0 Å². The summed E-state index contributed by atoms with van der Waals surface area (Å²) >= 11 is 0. The number of anilines is 1. The molecule has 2 amide bonds. The van der Waals surface area contributed by atoms with Gasteiger partial charge in [-0.05, 0) is 75.6 Å². The average Bonchev–Trinajstić information content (AvgIpc) is 3.64. The summed E-state index contributed by atoms with van der Waals surface area (Å²) < 4.78 is 28.3. The summed E-state index contributed by atoms with van der Waals surface area (Å²) in [5, 5.41) is 0. The fourth-order valence-electron chi connectivity index (χ4n) is 5.67. The smallest absolute Gasteiger partial charge is 0.243 e. The van der Waals surface area contributed by atoms with Crippen molar-refractivity contribution in [2.75, 3.05) is 31.1 Å². The lowest BCUT2D eigenvalue weighted by atomic mass is 9.96. The average molecular weight is 474 g/mol. The zero-order valence-electron chi connectivity index (χ0n) is 19.5. The molecule has 0 aromatic heterocycles. The highest BCUT2D eigenvalue weighted by atomic mass is 32.2. The van der Waals surface area contributed by atoms with Gasteiger partial charge < -0.3 is 9.80 Å². The first-order valence-corrected chi connectivity index (χ1v) is 14.0. The van der Waals surface area contributed by atoms with Gasteiger partial charge in [-0.15, -0.1) is 0 Å². The predicted molar refractivity (Wildman–Crippen MR) is 126 cm³/mol. The van der Waals surface area contributed by atoms with Gasteiger partial charge in [-0.1, -0.05) is 12.8 Å². The molecule has 0 spiro atoms. The molecule has 180 valence electrons. The van der Waals surface area contributed by atoms with Crippen molar-refractivity contribution >= 4 is 27.5 Å². The van der Waals surface area contributed by atoms with Gasteiger partial charge in [0.1, 0.15) is 0 Å². The molecule has 0 unspecified atom stereocenters. The number of hydrogen-bond donors (Lipinski definition) is 0. The standard InChI is InChI=1S/C25H35N3O4S/c1-18-16-21-17-22(8-9-23(21)28(18)25(30)19-6-7-19)33(31,32)27-14-10-20(11-15-27)24(29)26-12-4-2-3-5-13-26/h8-9,17-20H,2-7,10-16H2,1H3/t18-/m1/s1. The number of rotatable bonds is 4. The molecule has 3 heterocycles. The van der Waals surface area contributed by atoms with E-state index in [1.165, 1.54) is 17.1 Å². The van der Waals surface area contributed by atoms with E-state index >= 15 is 0 Å². The minimum absolute atomic E-state index is 0.0619. The molecule has 1 atom stereocenters. The second-order valence-electron chi connectivity index (χ2n) is 10.2. The second kappa shape index (κ2) is 9.02. The van der Waals surface area contributed by atoms with Crippen molar-refractivity contribution in [3.05, 3.63) is 23.8 Å². The molecule has 2 saturated heterocycles.